The molecule has 0 aliphatic heterocycles. The second-order valence-corrected chi connectivity index (χ2v) is 8.61. The van der Waals surface area contributed by atoms with Crippen molar-refractivity contribution in [2.75, 3.05) is 0 Å². The third-order valence-electron chi connectivity index (χ3n) is 7.35. The molecule has 0 spiro atoms. The molecule has 5 heteroatoms. The van der Waals surface area contributed by atoms with E-state index in [4.69, 9.17) is 9.47 Å². The Balaban J connectivity index is 1.75. The maximum atomic E-state index is 12.7. The summed E-state index contributed by atoms with van der Waals surface area (Å²) in [6.45, 7) is 4.91. The number of hydrogen-bond donors (Lipinski definition) is 0. The summed E-state index contributed by atoms with van der Waals surface area (Å²) in [6.07, 6.45) is 6.35. The number of fused-ring (bicyclic) bond motifs is 5. The zero-order chi connectivity index (χ0) is 20.1. The summed E-state index contributed by atoms with van der Waals surface area (Å²) in [5.41, 5.74) is 2.05. The number of carbonyl (C=O) groups is 3. The first-order valence-corrected chi connectivity index (χ1v) is 10.4. The van der Waals surface area contributed by atoms with E-state index in [2.05, 4.69) is 6.92 Å². The van der Waals surface area contributed by atoms with Crippen molar-refractivity contribution in [3.63, 3.8) is 0 Å². The average Bonchev–Trinajstić information content (AvgIpc) is 2.97. The Labute approximate surface area is 165 Å². The third kappa shape index (κ3) is 2.96. The summed E-state index contributed by atoms with van der Waals surface area (Å²) in [5.74, 6) is 1.79. The van der Waals surface area contributed by atoms with Crippen molar-refractivity contribution in [1.82, 2.24) is 0 Å². The summed E-state index contributed by atoms with van der Waals surface area (Å²) >= 11 is 0. The van der Waals surface area contributed by atoms with E-state index in [1.54, 1.807) is 6.07 Å². The lowest BCUT2D eigenvalue weighted by atomic mass is 9.54. The molecule has 4 rings (SSSR count). The molecule has 0 heterocycles. The fourth-order valence-electron chi connectivity index (χ4n) is 6.34. The van der Waals surface area contributed by atoms with E-state index in [1.165, 1.54) is 13.8 Å². The van der Waals surface area contributed by atoms with Gasteiger partial charge in [-0.15, -0.1) is 0 Å². The Bertz CT molecular complexity index is 842. The highest BCUT2D eigenvalue weighted by Crippen LogP contribution is 2.62. The number of esters is 2. The van der Waals surface area contributed by atoms with Gasteiger partial charge in [-0.05, 0) is 67.9 Å². The molecular formula is C23H28O5. The highest BCUT2D eigenvalue weighted by molar-refractivity contribution is 5.87. The number of rotatable bonds is 3. The minimum absolute atomic E-state index is 0.141. The Morgan fingerprint density at radius 1 is 1.07 bits per heavy atom. The van der Waals surface area contributed by atoms with E-state index >= 15 is 0 Å². The second-order valence-electron chi connectivity index (χ2n) is 8.61. The van der Waals surface area contributed by atoms with Crippen LogP contribution in [0.25, 0.3) is 0 Å². The summed E-state index contributed by atoms with van der Waals surface area (Å²) in [4.78, 5) is 35.9. The lowest BCUT2D eigenvalue weighted by Crippen LogP contribution is -2.44. The Morgan fingerprint density at radius 2 is 1.82 bits per heavy atom. The number of ether oxygens (including phenoxy) is 2. The van der Waals surface area contributed by atoms with Crippen molar-refractivity contribution in [2.24, 2.45) is 17.3 Å². The van der Waals surface area contributed by atoms with Crippen molar-refractivity contribution in [1.29, 1.82) is 0 Å². The van der Waals surface area contributed by atoms with E-state index in [0.717, 1.165) is 49.7 Å². The fraction of sp³-hybridized carbons (Fsp3) is 0.609. The highest BCUT2D eigenvalue weighted by Gasteiger charge is 2.56. The van der Waals surface area contributed by atoms with Gasteiger partial charge >= 0.3 is 11.9 Å². The first kappa shape index (κ1) is 19.2. The molecule has 4 atom stereocenters. The van der Waals surface area contributed by atoms with Crippen LogP contribution in [0.3, 0.4) is 0 Å². The Morgan fingerprint density at radius 3 is 2.50 bits per heavy atom. The molecular weight excluding hydrogens is 356 g/mol. The van der Waals surface area contributed by atoms with Gasteiger partial charge in [0.1, 0.15) is 17.3 Å². The van der Waals surface area contributed by atoms with Gasteiger partial charge < -0.3 is 9.47 Å². The van der Waals surface area contributed by atoms with Crippen LogP contribution < -0.4 is 9.47 Å². The van der Waals surface area contributed by atoms with Crippen LogP contribution in [0.4, 0.5) is 0 Å². The summed E-state index contributed by atoms with van der Waals surface area (Å²) in [6, 6.07) is 3.59. The summed E-state index contributed by atoms with van der Waals surface area (Å²) in [7, 11) is 0. The second kappa shape index (κ2) is 7.02. The lowest BCUT2D eigenvalue weighted by molar-refractivity contribution is -0.132. The van der Waals surface area contributed by atoms with Gasteiger partial charge in [0, 0.05) is 37.3 Å². The molecule has 5 nitrogen and oxygen atoms in total. The first-order chi connectivity index (χ1) is 13.4. The predicted molar refractivity (Wildman–Crippen MR) is 103 cm³/mol. The third-order valence-corrected chi connectivity index (χ3v) is 7.35. The van der Waals surface area contributed by atoms with E-state index in [0.29, 0.717) is 41.5 Å². The molecule has 2 saturated carbocycles. The highest BCUT2D eigenvalue weighted by atomic mass is 16.5. The Hall–Kier alpha value is -2.17. The minimum atomic E-state index is -0.391. The van der Waals surface area contributed by atoms with E-state index in [-0.39, 0.29) is 11.4 Å². The van der Waals surface area contributed by atoms with Crippen LogP contribution in [0, 0.1) is 17.3 Å². The monoisotopic (exact) mass is 384 g/mol. The van der Waals surface area contributed by atoms with Crippen molar-refractivity contribution >= 4 is 17.7 Å². The van der Waals surface area contributed by atoms with Crippen LogP contribution in [0.15, 0.2) is 12.1 Å². The minimum Gasteiger partial charge on any atom is -0.427 e. The van der Waals surface area contributed by atoms with Gasteiger partial charge in [-0.1, -0.05) is 6.92 Å². The van der Waals surface area contributed by atoms with E-state index in [1.807, 2.05) is 6.07 Å². The largest absolute Gasteiger partial charge is 0.427 e. The molecule has 0 aromatic heterocycles. The average molecular weight is 384 g/mol. The van der Waals surface area contributed by atoms with Crippen LogP contribution >= 0.6 is 0 Å². The summed E-state index contributed by atoms with van der Waals surface area (Å²) in [5, 5.41) is 0. The van der Waals surface area contributed by atoms with Gasteiger partial charge in [-0.3, -0.25) is 14.4 Å². The number of Topliss-reactive ketones (excluding diaryl/α,β-unsaturated/α-hetero) is 1. The molecule has 0 amide bonds. The van der Waals surface area contributed by atoms with Crippen LogP contribution in [-0.4, -0.2) is 17.7 Å². The fourth-order valence-corrected chi connectivity index (χ4v) is 6.34. The number of hydrogen-bond acceptors (Lipinski definition) is 5. The van der Waals surface area contributed by atoms with Gasteiger partial charge in [-0.2, -0.15) is 0 Å². The van der Waals surface area contributed by atoms with Gasteiger partial charge in [0.05, 0.1) is 0 Å². The normalized spacial score (nSPS) is 30.8. The molecule has 28 heavy (non-hydrogen) atoms. The molecule has 150 valence electrons. The molecule has 0 unspecified atom stereocenters. The zero-order valence-corrected chi connectivity index (χ0v) is 16.9. The van der Waals surface area contributed by atoms with E-state index in [9.17, 15) is 14.4 Å². The predicted octanol–water partition coefficient (Wildman–Crippen LogP) is 4.35. The molecule has 0 bridgehead atoms. The number of benzene rings is 1. The first-order valence-electron chi connectivity index (χ1n) is 10.4. The van der Waals surface area contributed by atoms with Gasteiger partial charge in [-0.25, -0.2) is 0 Å². The molecule has 1 aromatic carbocycles. The van der Waals surface area contributed by atoms with Crippen molar-refractivity contribution < 1.29 is 23.9 Å². The van der Waals surface area contributed by atoms with E-state index < -0.39 is 5.97 Å². The smallest absolute Gasteiger partial charge is 0.308 e. The lowest BCUT2D eigenvalue weighted by Gasteiger charge is -2.49. The van der Waals surface area contributed by atoms with Crippen LogP contribution in [0.1, 0.15) is 76.3 Å². The van der Waals surface area contributed by atoms with Gasteiger partial charge in [0.2, 0.25) is 0 Å². The van der Waals surface area contributed by atoms with Gasteiger partial charge in [0.25, 0.3) is 0 Å². The van der Waals surface area contributed by atoms with Crippen LogP contribution in [-0.2, 0) is 20.8 Å². The standard InChI is InChI=1S/C23H28O5/c1-4-23-10-9-18-17(19(23)7-8-21(23)26)6-5-15-11-16(27-13(2)24)12-20(22(15)18)28-14(3)25/h11-12,17-19H,4-10H2,1-3H3/t17-,18-,19-,23-/m0/s1. The van der Waals surface area contributed by atoms with Gasteiger partial charge in [0.15, 0.2) is 0 Å². The molecule has 3 aliphatic carbocycles. The molecule has 3 aliphatic rings. The Kier molecular flexibility index (Phi) is 4.80. The number of carbonyl (C=O) groups excluding carboxylic acids is 3. The van der Waals surface area contributed by atoms with Crippen molar-refractivity contribution in [3.05, 3.63) is 23.3 Å². The molecule has 1 aromatic rings. The van der Waals surface area contributed by atoms with Crippen molar-refractivity contribution in [3.8, 4) is 11.5 Å². The topological polar surface area (TPSA) is 69.7 Å². The number of ketones is 1. The molecule has 0 saturated heterocycles. The molecule has 2 fully saturated rings. The zero-order valence-electron chi connectivity index (χ0n) is 16.9. The van der Waals surface area contributed by atoms with Crippen LogP contribution in [0.5, 0.6) is 11.5 Å². The summed E-state index contributed by atoms with van der Waals surface area (Å²) < 4.78 is 10.9. The quantitative estimate of drug-likeness (QED) is 0.572. The molecule has 0 N–H and O–H groups in total. The van der Waals surface area contributed by atoms with Crippen LogP contribution in [0.2, 0.25) is 0 Å². The SMILES string of the molecule is CC[C@]12CC[C@@H]3c4c(cc(OC(C)=O)cc4OC(C)=O)CC[C@@H]3[C@@H]1CCC2=O. The number of aryl methyl sites for hydroxylation is 1. The molecule has 0 radical (unpaired) electrons. The maximum Gasteiger partial charge on any atom is 0.308 e. The maximum absolute atomic E-state index is 12.7. The van der Waals surface area contributed by atoms with Crippen molar-refractivity contribution in [2.45, 2.75) is 71.6 Å².